The molecule has 0 bridgehead atoms. The van der Waals surface area contributed by atoms with Gasteiger partial charge in [0.15, 0.2) is 5.78 Å². The highest BCUT2D eigenvalue weighted by Gasteiger charge is 2.56. The van der Waals surface area contributed by atoms with Crippen LogP contribution in [0.3, 0.4) is 0 Å². The van der Waals surface area contributed by atoms with Crippen LogP contribution in [0.2, 0.25) is 0 Å². The molecular weight excluding hydrogens is 224 g/mol. The van der Waals surface area contributed by atoms with Crippen molar-refractivity contribution < 1.29 is 9.53 Å². The van der Waals surface area contributed by atoms with Gasteiger partial charge in [0.25, 0.3) is 0 Å². The second-order valence-corrected chi connectivity index (χ2v) is 5.49. The van der Waals surface area contributed by atoms with Crippen LogP contribution in [0.25, 0.3) is 0 Å². The molecule has 1 aromatic rings. The first-order valence-corrected chi connectivity index (χ1v) is 7.09. The molecule has 0 spiro atoms. The van der Waals surface area contributed by atoms with Crippen molar-refractivity contribution >= 4 is 5.78 Å². The van der Waals surface area contributed by atoms with Gasteiger partial charge in [0.05, 0.1) is 12.2 Å². The number of benzene rings is 1. The van der Waals surface area contributed by atoms with Crippen molar-refractivity contribution in [1.29, 1.82) is 0 Å². The van der Waals surface area contributed by atoms with Gasteiger partial charge < -0.3 is 4.74 Å². The smallest absolute Gasteiger partial charge is 0.170 e. The normalized spacial score (nSPS) is 28.8. The Bertz CT molecular complexity index is 442. The lowest BCUT2D eigenvalue weighted by Crippen LogP contribution is -2.09. The molecule has 0 N–H and O–H groups in total. The van der Waals surface area contributed by atoms with Crippen LogP contribution in [0, 0.1) is 17.8 Å². The van der Waals surface area contributed by atoms with E-state index >= 15 is 0 Å². The zero-order chi connectivity index (χ0) is 12.5. The molecule has 2 atom stereocenters. The molecule has 2 heteroatoms. The minimum Gasteiger partial charge on any atom is -0.493 e. The van der Waals surface area contributed by atoms with Gasteiger partial charge >= 0.3 is 0 Å². The number of ether oxygens (including phenoxy) is 1. The van der Waals surface area contributed by atoms with Crippen molar-refractivity contribution in [3.05, 3.63) is 29.8 Å². The van der Waals surface area contributed by atoms with E-state index in [9.17, 15) is 4.79 Å². The maximum atomic E-state index is 12.5. The first-order valence-electron chi connectivity index (χ1n) is 7.09. The van der Waals surface area contributed by atoms with Crippen molar-refractivity contribution in [3.8, 4) is 5.75 Å². The van der Waals surface area contributed by atoms with Gasteiger partial charge in [-0.1, -0.05) is 25.5 Å². The van der Waals surface area contributed by atoms with E-state index in [4.69, 9.17) is 4.74 Å². The number of Topliss-reactive ketones (excluding diaryl/α,β-unsaturated/α-hetero) is 1. The van der Waals surface area contributed by atoms with E-state index in [0.29, 0.717) is 30.1 Å². The fourth-order valence-electron chi connectivity index (χ4n) is 3.40. The van der Waals surface area contributed by atoms with Crippen molar-refractivity contribution in [2.45, 2.75) is 32.6 Å². The molecule has 2 nitrogen and oxygen atoms in total. The Morgan fingerprint density at radius 3 is 2.72 bits per heavy atom. The minimum absolute atomic E-state index is 0.296. The summed E-state index contributed by atoms with van der Waals surface area (Å²) in [6, 6.07) is 7.71. The molecule has 2 aliphatic rings. The third-order valence-corrected chi connectivity index (χ3v) is 4.32. The summed E-state index contributed by atoms with van der Waals surface area (Å²) in [6.45, 7) is 2.76. The average molecular weight is 244 g/mol. The summed E-state index contributed by atoms with van der Waals surface area (Å²) in [7, 11) is 0. The number of carbonyl (C=O) groups is 1. The quantitative estimate of drug-likeness (QED) is 0.738. The fraction of sp³-hybridized carbons (Fsp3) is 0.562. The first-order chi connectivity index (χ1) is 8.83. The number of hydrogen-bond donors (Lipinski definition) is 0. The monoisotopic (exact) mass is 244 g/mol. The van der Waals surface area contributed by atoms with Crippen molar-refractivity contribution in [3.63, 3.8) is 0 Å². The highest BCUT2D eigenvalue weighted by molar-refractivity contribution is 6.02. The third-order valence-electron chi connectivity index (χ3n) is 4.32. The van der Waals surface area contributed by atoms with Crippen LogP contribution < -0.4 is 4.74 Å². The van der Waals surface area contributed by atoms with E-state index in [1.54, 1.807) is 0 Å². The van der Waals surface area contributed by atoms with E-state index in [2.05, 4.69) is 6.92 Å². The third kappa shape index (κ3) is 1.94. The average Bonchev–Trinajstić information content (AvgIpc) is 2.88. The van der Waals surface area contributed by atoms with Crippen molar-refractivity contribution in [2.75, 3.05) is 6.61 Å². The zero-order valence-corrected chi connectivity index (χ0v) is 10.9. The highest BCUT2D eigenvalue weighted by atomic mass is 16.5. The molecule has 0 saturated heterocycles. The molecule has 96 valence electrons. The van der Waals surface area contributed by atoms with Crippen molar-refractivity contribution in [2.24, 2.45) is 17.8 Å². The first kappa shape index (κ1) is 11.8. The van der Waals surface area contributed by atoms with Gasteiger partial charge in [-0.3, -0.25) is 4.79 Å². The number of rotatable bonds is 5. The molecule has 0 aliphatic heterocycles. The second kappa shape index (κ2) is 4.75. The fourth-order valence-corrected chi connectivity index (χ4v) is 3.40. The molecule has 1 aromatic carbocycles. The molecule has 0 heterocycles. The Hall–Kier alpha value is -1.31. The summed E-state index contributed by atoms with van der Waals surface area (Å²) in [5.41, 5.74) is 0.797. The maximum Gasteiger partial charge on any atom is 0.170 e. The Morgan fingerprint density at radius 2 is 2.00 bits per heavy atom. The molecule has 0 aromatic heterocycles. The zero-order valence-electron chi connectivity index (χ0n) is 10.9. The Kier molecular flexibility index (Phi) is 3.11. The number of carbonyl (C=O) groups excluding carboxylic acids is 1. The van der Waals surface area contributed by atoms with E-state index in [-0.39, 0.29) is 0 Å². The van der Waals surface area contributed by atoms with Gasteiger partial charge in [0.2, 0.25) is 0 Å². The molecule has 3 rings (SSSR count). The van der Waals surface area contributed by atoms with E-state index < -0.39 is 0 Å². The summed E-state index contributed by atoms with van der Waals surface area (Å²) < 4.78 is 5.69. The largest absolute Gasteiger partial charge is 0.493 e. The number of para-hydroxylation sites is 1. The molecular formula is C16H20O2. The highest BCUT2D eigenvalue weighted by Crippen LogP contribution is 2.58. The van der Waals surface area contributed by atoms with Gasteiger partial charge in [0.1, 0.15) is 5.75 Å². The molecule has 2 fully saturated rings. The SMILES string of the molecule is CCCOc1ccccc1C(=O)C1C2CCCC21. The summed E-state index contributed by atoms with van der Waals surface area (Å²) in [5, 5.41) is 0. The van der Waals surface area contributed by atoms with Crippen LogP contribution in [-0.4, -0.2) is 12.4 Å². The summed E-state index contributed by atoms with van der Waals surface area (Å²) in [6.07, 6.45) is 4.78. The standard InChI is InChI=1S/C16H20O2/c1-2-10-18-14-9-4-3-6-13(14)16(17)15-11-7-5-8-12(11)15/h3-4,6,9,11-12,15H,2,5,7-8,10H2,1H3. The Morgan fingerprint density at radius 1 is 1.28 bits per heavy atom. The molecule has 0 amide bonds. The molecule has 2 unspecified atom stereocenters. The van der Waals surface area contributed by atoms with E-state index in [0.717, 1.165) is 17.7 Å². The van der Waals surface area contributed by atoms with Crippen molar-refractivity contribution in [1.82, 2.24) is 0 Å². The van der Waals surface area contributed by atoms with Gasteiger partial charge in [-0.15, -0.1) is 0 Å². The minimum atomic E-state index is 0.296. The van der Waals surface area contributed by atoms with Crippen LogP contribution in [0.4, 0.5) is 0 Å². The molecule has 18 heavy (non-hydrogen) atoms. The van der Waals surface area contributed by atoms with Crippen LogP contribution in [0.5, 0.6) is 5.75 Å². The van der Waals surface area contributed by atoms with Gasteiger partial charge in [-0.25, -0.2) is 0 Å². The van der Waals surface area contributed by atoms with E-state index in [1.165, 1.54) is 19.3 Å². The Labute approximate surface area is 108 Å². The lowest BCUT2D eigenvalue weighted by atomic mass is 10.0. The number of fused-ring (bicyclic) bond motifs is 1. The predicted octanol–water partition coefficient (Wildman–Crippen LogP) is 3.70. The Balaban J connectivity index is 1.77. The van der Waals surface area contributed by atoms with Crippen LogP contribution in [0.1, 0.15) is 43.0 Å². The van der Waals surface area contributed by atoms with Gasteiger partial charge in [0, 0.05) is 5.92 Å². The summed E-state index contributed by atoms with van der Waals surface area (Å²) >= 11 is 0. The number of hydrogen-bond acceptors (Lipinski definition) is 2. The van der Waals surface area contributed by atoms with Crippen LogP contribution >= 0.6 is 0 Å². The lowest BCUT2D eigenvalue weighted by molar-refractivity contribution is 0.0947. The topological polar surface area (TPSA) is 26.3 Å². The van der Waals surface area contributed by atoms with Crippen LogP contribution in [0.15, 0.2) is 24.3 Å². The van der Waals surface area contributed by atoms with Gasteiger partial charge in [-0.05, 0) is 43.2 Å². The molecule has 0 radical (unpaired) electrons. The number of ketones is 1. The summed E-state index contributed by atoms with van der Waals surface area (Å²) in [4.78, 5) is 12.5. The second-order valence-electron chi connectivity index (χ2n) is 5.49. The molecule has 2 saturated carbocycles. The van der Waals surface area contributed by atoms with E-state index in [1.807, 2.05) is 24.3 Å². The summed E-state index contributed by atoms with van der Waals surface area (Å²) in [5.74, 6) is 2.74. The maximum absolute atomic E-state index is 12.5. The van der Waals surface area contributed by atoms with Crippen LogP contribution in [-0.2, 0) is 0 Å². The van der Waals surface area contributed by atoms with Gasteiger partial charge in [-0.2, -0.15) is 0 Å². The molecule has 2 aliphatic carbocycles. The predicted molar refractivity (Wildman–Crippen MR) is 70.9 cm³/mol. The lowest BCUT2D eigenvalue weighted by Gasteiger charge is -2.10.